The third-order valence-corrected chi connectivity index (χ3v) is 5.10. The van der Waals surface area contributed by atoms with Crippen LogP contribution in [0, 0.1) is 6.92 Å². The van der Waals surface area contributed by atoms with E-state index in [1.807, 2.05) is 68.4 Å². The van der Waals surface area contributed by atoms with E-state index in [4.69, 9.17) is 0 Å². The van der Waals surface area contributed by atoms with Gasteiger partial charge in [0.15, 0.2) is 5.69 Å². The van der Waals surface area contributed by atoms with Gasteiger partial charge in [-0.15, -0.1) is 5.10 Å². The minimum atomic E-state index is -0.174. The van der Waals surface area contributed by atoms with Crippen LogP contribution in [0.2, 0.25) is 0 Å². The molecule has 0 spiro atoms. The molecule has 0 N–H and O–H groups in total. The molecular weight excluding hydrogens is 418 g/mol. The first-order valence-corrected chi connectivity index (χ1v) is 9.72. The average molecular weight is 436 g/mol. The van der Waals surface area contributed by atoms with Crippen LogP contribution in [0.5, 0.6) is 0 Å². The van der Waals surface area contributed by atoms with Crippen LogP contribution in [-0.2, 0) is 0 Å². The third-order valence-electron chi connectivity index (χ3n) is 4.61. The van der Waals surface area contributed by atoms with Crippen LogP contribution in [0.25, 0.3) is 16.6 Å². The Balaban J connectivity index is 1.71. The Labute approximate surface area is 170 Å². The van der Waals surface area contributed by atoms with Crippen molar-refractivity contribution in [2.24, 2.45) is 0 Å². The number of hydrogen-bond acceptors (Lipinski definition) is 4. The topological polar surface area (TPSA) is 63.9 Å². The number of amides is 1. The summed E-state index contributed by atoms with van der Waals surface area (Å²) in [5.41, 5.74) is 3.60. The van der Waals surface area contributed by atoms with Crippen molar-refractivity contribution in [3.63, 3.8) is 0 Å². The number of rotatable bonds is 4. The van der Waals surface area contributed by atoms with E-state index < -0.39 is 0 Å². The van der Waals surface area contributed by atoms with Crippen LogP contribution in [0.15, 0.2) is 65.3 Å². The molecule has 0 aliphatic carbocycles. The highest BCUT2D eigenvalue weighted by atomic mass is 79.9. The van der Waals surface area contributed by atoms with E-state index in [1.54, 1.807) is 15.8 Å². The summed E-state index contributed by atoms with van der Waals surface area (Å²) in [5.74, 6) is -0.174. The number of anilines is 1. The van der Waals surface area contributed by atoms with Gasteiger partial charge in [0.05, 0.1) is 16.9 Å². The summed E-state index contributed by atoms with van der Waals surface area (Å²) >= 11 is 3.46. The highest BCUT2D eigenvalue weighted by molar-refractivity contribution is 9.10. The van der Waals surface area contributed by atoms with Crippen molar-refractivity contribution in [1.82, 2.24) is 20.0 Å². The minimum absolute atomic E-state index is 0.174. The lowest BCUT2D eigenvalue weighted by molar-refractivity contribution is 0.0983. The van der Waals surface area contributed by atoms with Crippen LogP contribution in [-0.4, -0.2) is 32.4 Å². The number of fused-ring (bicyclic) bond motifs is 1. The first-order chi connectivity index (χ1) is 13.6. The largest absolute Gasteiger partial charge is 0.307 e. The first-order valence-electron chi connectivity index (χ1n) is 8.93. The first kappa shape index (κ1) is 18.3. The Hall–Kier alpha value is -3.06. The van der Waals surface area contributed by atoms with E-state index in [0.29, 0.717) is 17.9 Å². The minimum Gasteiger partial charge on any atom is -0.307 e. The van der Waals surface area contributed by atoms with E-state index in [9.17, 15) is 4.79 Å². The van der Waals surface area contributed by atoms with Crippen molar-refractivity contribution < 1.29 is 4.79 Å². The zero-order valence-electron chi connectivity index (χ0n) is 15.5. The maximum Gasteiger partial charge on any atom is 0.280 e. The molecule has 2 aromatic carbocycles. The van der Waals surface area contributed by atoms with Crippen LogP contribution in [0.1, 0.15) is 23.1 Å². The fourth-order valence-corrected chi connectivity index (χ4v) is 3.57. The standard InChI is InChI=1S/C21H18BrN5O/c1-3-26(17-8-4-7-16(22)13-17)21(28)20-14(2)27(25-24-20)18-9-10-19-15(12-18)6-5-11-23-19/h4-13H,3H2,1-2H3. The monoisotopic (exact) mass is 435 g/mol. The molecule has 28 heavy (non-hydrogen) atoms. The van der Waals surface area contributed by atoms with Crippen molar-refractivity contribution >= 4 is 38.4 Å². The Morgan fingerprint density at radius 3 is 2.79 bits per heavy atom. The normalized spacial score (nSPS) is 11.0. The van der Waals surface area contributed by atoms with Gasteiger partial charge in [-0.05, 0) is 56.3 Å². The molecule has 0 fully saturated rings. The zero-order chi connectivity index (χ0) is 19.7. The Kier molecular flexibility index (Phi) is 4.92. The molecule has 140 valence electrons. The zero-order valence-corrected chi connectivity index (χ0v) is 17.1. The van der Waals surface area contributed by atoms with Gasteiger partial charge >= 0.3 is 0 Å². The van der Waals surface area contributed by atoms with E-state index >= 15 is 0 Å². The number of hydrogen-bond donors (Lipinski definition) is 0. The number of carbonyl (C=O) groups is 1. The molecule has 1 amide bonds. The smallest absolute Gasteiger partial charge is 0.280 e. The molecule has 0 unspecified atom stereocenters. The Morgan fingerprint density at radius 2 is 2.00 bits per heavy atom. The Bertz CT molecular complexity index is 1170. The SMILES string of the molecule is CCN(C(=O)c1nnn(-c2ccc3ncccc3c2)c1C)c1cccc(Br)c1. The highest BCUT2D eigenvalue weighted by Crippen LogP contribution is 2.23. The molecule has 6 nitrogen and oxygen atoms in total. The van der Waals surface area contributed by atoms with Gasteiger partial charge < -0.3 is 4.90 Å². The van der Waals surface area contributed by atoms with Gasteiger partial charge in [0.1, 0.15) is 0 Å². The molecular formula is C21H18BrN5O. The van der Waals surface area contributed by atoms with Crippen molar-refractivity contribution in [3.8, 4) is 5.69 Å². The number of carbonyl (C=O) groups excluding carboxylic acids is 1. The summed E-state index contributed by atoms with van der Waals surface area (Å²) in [6.07, 6.45) is 1.76. The van der Waals surface area contributed by atoms with Gasteiger partial charge in [-0.25, -0.2) is 4.68 Å². The predicted octanol–water partition coefficient (Wildman–Crippen LogP) is 4.55. The second kappa shape index (κ2) is 7.52. The second-order valence-corrected chi connectivity index (χ2v) is 7.26. The van der Waals surface area contributed by atoms with Crippen LogP contribution >= 0.6 is 15.9 Å². The predicted molar refractivity (Wildman–Crippen MR) is 113 cm³/mol. The molecule has 2 aromatic heterocycles. The summed E-state index contributed by atoms with van der Waals surface area (Å²) in [5, 5.41) is 9.42. The van der Waals surface area contributed by atoms with Crippen molar-refractivity contribution in [2.45, 2.75) is 13.8 Å². The van der Waals surface area contributed by atoms with Gasteiger partial charge in [-0.2, -0.15) is 0 Å². The quantitative estimate of drug-likeness (QED) is 0.471. The fourth-order valence-electron chi connectivity index (χ4n) is 3.18. The van der Waals surface area contributed by atoms with Crippen molar-refractivity contribution in [2.75, 3.05) is 11.4 Å². The summed E-state index contributed by atoms with van der Waals surface area (Å²) in [7, 11) is 0. The molecule has 4 aromatic rings. The van der Waals surface area contributed by atoms with Gasteiger partial charge in [0.2, 0.25) is 0 Å². The molecule has 0 radical (unpaired) electrons. The molecule has 0 saturated heterocycles. The maximum atomic E-state index is 13.2. The van der Waals surface area contributed by atoms with E-state index in [2.05, 4.69) is 31.2 Å². The molecule has 7 heteroatoms. The maximum absolute atomic E-state index is 13.2. The van der Waals surface area contributed by atoms with Crippen molar-refractivity contribution in [3.05, 3.63) is 76.7 Å². The van der Waals surface area contributed by atoms with E-state index in [1.165, 1.54) is 0 Å². The van der Waals surface area contributed by atoms with Gasteiger partial charge in [0, 0.05) is 28.3 Å². The van der Waals surface area contributed by atoms with E-state index in [-0.39, 0.29) is 5.91 Å². The molecule has 0 atom stereocenters. The number of halogens is 1. The summed E-state index contributed by atoms with van der Waals surface area (Å²) < 4.78 is 2.61. The number of nitrogens with zero attached hydrogens (tertiary/aromatic N) is 5. The van der Waals surface area contributed by atoms with Gasteiger partial charge in [-0.1, -0.05) is 33.3 Å². The van der Waals surface area contributed by atoms with Gasteiger partial charge in [-0.3, -0.25) is 9.78 Å². The molecule has 0 saturated carbocycles. The lowest BCUT2D eigenvalue weighted by atomic mass is 10.2. The molecule has 0 aliphatic rings. The van der Waals surface area contributed by atoms with Crippen LogP contribution in [0.3, 0.4) is 0 Å². The second-order valence-electron chi connectivity index (χ2n) is 6.34. The van der Waals surface area contributed by atoms with Crippen LogP contribution in [0.4, 0.5) is 5.69 Å². The van der Waals surface area contributed by atoms with Crippen molar-refractivity contribution in [1.29, 1.82) is 0 Å². The van der Waals surface area contributed by atoms with Gasteiger partial charge in [0.25, 0.3) is 5.91 Å². The number of pyridine rings is 1. The highest BCUT2D eigenvalue weighted by Gasteiger charge is 2.23. The average Bonchev–Trinajstić information content (AvgIpc) is 3.09. The van der Waals surface area contributed by atoms with E-state index in [0.717, 1.165) is 26.8 Å². The molecule has 4 rings (SSSR count). The molecule has 0 bridgehead atoms. The molecule has 0 aliphatic heterocycles. The Morgan fingerprint density at radius 1 is 1.14 bits per heavy atom. The summed E-state index contributed by atoms with van der Waals surface area (Å²) in [6.45, 7) is 4.33. The molecule has 2 heterocycles. The van der Waals surface area contributed by atoms with Crippen LogP contribution < -0.4 is 4.90 Å². The summed E-state index contributed by atoms with van der Waals surface area (Å²) in [4.78, 5) is 19.2. The third kappa shape index (κ3) is 3.29. The number of benzene rings is 2. The number of aromatic nitrogens is 4. The lowest BCUT2D eigenvalue weighted by Crippen LogP contribution is -2.31. The lowest BCUT2D eigenvalue weighted by Gasteiger charge is -2.20. The fraction of sp³-hybridized carbons (Fsp3) is 0.143. The summed E-state index contributed by atoms with van der Waals surface area (Å²) in [6, 6.07) is 17.4.